The molecule has 0 aliphatic carbocycles. The number of pyridine rings is 1. The fourth-order valence-electron chi connectivity index (χ4n) is 3.86. The van der Waals surface area contributed by atoms with Gasteiger partial charge in [0.05, 0.1) is 12.1 Å². The maximum absolute atomic E-state index is 13.1. The SMILES string of the molecule is CCOC(=O)c1c(N2CCCCC2)nc2ccc(Cl)cc2c1-c1ccccc1. The van der Waals surface area contributed by atoms with Gasteiger partial charge < -0.3 is 9.64 Å². The Balaban J connectivity index is 2.06. The largest absolute Gasteiger partial charge is 0.462 e. The summed E-state index contributed by atoms with van der Waals surface area (Å²) >= 11 is 6.31. The number of esters is 1. The lowest BCUT2D eigenvalue weighted by atomic mass is 9.94. The van der Waals surface area contributed by atoms with Crippen LogP contribution < -0.4 is 4.90 Å². The van der Waals surface area contributed by atoms with Crippen molar-refractivity contribution in [3.8, 4) is 11.1 Å². The molecule has 0 saturated carbocycles. The fourth-order valence-corrected chi connectivity index (χ4v) is 4.03. The normalized spacial score (nSPS) is 14.3. The van der Waals surface area contributed by atoms with Crippen LogP contribution in [0.25, 0.3) is 22.0 Å². The predicted octanol–water partition coefficient (Wildman–Crippen LogP) is 5.72. The van der Waals surface area contributed by atoms with E-state index >= 15 is 0 Å². The number of piperidine rings is 1. The van der Waals surface area contributed by atoms with Crippen LogP contribution in [0.1, 0.15) is 36.5 Å². The molecule has 3 aromatic rings. The molecule has 1 aliphatic rings. The first-order valence-electron chi connectivity index (χ1n) is 9.80. The highest BCUT2D eigenvalue weighted by Crippen LogP contribution is 2.38. The number of hydrogen-bond acceptors (Lipinski definition) is 4. The van der Waals surface area contributed by atoms with Gasteiger partial charge in [0.25, 0.3) is 0 Å². The van der Waals surface area contributed by atoms with Crippen molar-refractivity contribution >= 4 is 34.3 Å². The zero-order valence-corrected chi connectivity index (χ0v) is 16.7. The summed E-state index contributed by atoms with van der Waals surface area (Å²) in [6, 6.07) is 15.6. The summed E-state index contributed by atoms with van der Waals surface area (Å²) in [4.78, 5) is 20.2. The van der Waals surface area contributed by atoms with Crippen LogP contribution in [0, 0.1) is 0 Å². The van der Waals surface area contributed by atoms with Crippen molar-refractivity contribution in [2.24, 2.45) is 0 Å². The van der Waals surface area contributed by atoms with E-state index in [1.165, 1.54) is 6.42 Å². The molecule has 4 rings (SSSR count). The van der Waals surface area contributed by atoms with E-state index < -0.39 is 0 Å². The molecule has 5 heteroatoms. The van der Waals surface area contributed by atoms with Gasteiger partial charge in [-0.3, -0.25) is 0 Å². The van der Waals surface area contributed by atoms with Crippen molar-refractivity contribution in [1.29, 1.82) is 0 Å². The molecule has 4 nitrogen and oxygen atoms in total. The molecule has 0 radical (unpaired) electrons. The third-order valence-corrected chi connectivity index (χ3v) is 5.36. The molecule has 28 heavy (non-hydrogen) atoms. The van der Waals surface area contributed by atoms with Gasteiger partial charge in [-0.25, -0.2) is 9.78 Å². The Morgan fingerprint density at radius 1 is 1.11 bits per heavy atom. The van der Waals surface area contributed by atoms with Crippen LogP contribution in [0.5, 0.6) is 0 Å². The van der Waals surface area contributed by atoms with Gasteiger partial charge in [-0.1, -0.05) is 41.9 Å². The van der Waals surface area contributed by atoms with E-state index in [1.54, 1.807) is 0 Å². The molecule has 1 aliphatic heterocycles. The summed E-state index contributed by atoms with van der Waals surface area (Å²) in [7, 11) is 0. The fraction of sp³-hybridized carbons (Fsp3) is 0.304. The number of rotatable bonds is 4. The molecule has 2 aromatic carbocycles. The van der Waals surface area contributed by atoms with Crippen LogP contribution in [0.2, 0.25) is 5.02 Å². The molecule has 0 N–H and O–H groups in total. The molecular formula is C23H23ClN2O2. The van der Waals surface area contributed by atoms with E-state index in [1.807, 2.05) is 55.5 Å². The van der Waals surface area contributed by atoms with Gasteiger partial charge in [0, 0.05) is 29.1 Å². The van der Waals surface area contributed by atoms with E-state index in [2.05, 4.69) is 4.90 Å². The maximum Gasteiger partial charge on any atom is 0.342 e. The molecule has 0 amide bonds. The minimum Gasteiger partial charge on any atom is -0.462 e. The van der Waals surface area contributed by atoms with E-state index in [0.717, 1.165) is 48.0 Å². The van der Waals surface area contributed by atoms with Crippen LogP contribution >= 0.6 is 11.6 Å². The van der Waals surface area contributed by atoms with Crippen molar-refractivity contribution in [3.05, 3.63) is 59.1 Å². The molecule has 0 spiro atoms. The lowest BCUT2D eigenvalue weighted by Gasteiger charge is -2.30. The number of carbonyl (C=O) groups excluding carboxylic acids is 1. The Labute approximate surface area is 170 Å². The minimum absolute atomic E-state index is 0.320. The first-order chi connectivity index (χ1) is 13.7. The Morgan fingerprint density at radius 3 is 2.57 bits per heavy atom. The summed E-state index contributed by atoms with van der Waals surface area (Å²) in [5, 5.41) is 1.48. The van der Waals surface area contributed by atoms with Gasteiger partial charge in [0.2, 0.25) is 0 Å². The van der Waals surface area contributed by atoms with Crippen molar-refractivity contribution < 1.29 is 9.53 Å². The molecule has 1 fully saturated rings. The summed E-state index contributed by atoms with van der Waals surface area (Å²) in [6.45, 7) is 3.94. The van der Waals surface area contributed by atoms with Crippen LogP contribution in [0.3, 0.4) is 0 Å². The van der Waals surface area contributed by atoms with Crippen molar-refractivity contribution in [2.75, 3.05) is 24.6 Å². The van der Waals surface area contributed by atoms with Gasteiger partial charge in [-0.15, -0.1) is 0 Å². The lowest BCUT2D eigenvalue weighted by molar-refractivity contribution is 0.0527. The van der Waals surface area contributed by atoms with Gasteiger partial charge in [0.15, 0.2) is 0 Å². The number of aromatic nitrogens is 1. The molecule has 0 bridgehead atoms. The molecule has 0 unspecified atom stereocenters. The second-order valence-electron chi connectivity index (χ2n) is 6.98. The molecule has 1 saturated heterocycles. The summed E-state index contributed by atoms with van der Waals surface area (Å²) in [5.41, 5.74) is 3.16. The number of benzene rings is 2. The lowest BCUT2D eigenvalue weighted by Crippen LogP contribution is -2.32. The Kier molecular flexibility index (Phi) is 5.49. The topological polar surface area (TPSA) is 42.4 Å². The van der Waals surface area contributed by atoms with E-state index in [0.29, 0.717) is 23.0 Å². The molecule has 2 heterocycles. The second-order valence-corrected chi connectivity index (χ2v) is 7.42. The maximum atomic E-state index is 13.1. The highest BCUT2D eigenvalue weighted by atomic mass is 35.5. The zero-order valence-electron chi connectivity index (χ0n) is 16.0. The van der Waals surface area contributed by atoms with Crippen molar-refractivity contribution in [1.82, 2.24) is 4.98 Å². The number of ether oxygens (including phenoxy) is 1. The van der Waals surface area contributed by atoms with Crippen LogP contribution in [0.4, 0.5) is 5.82 Å². The van der Waals surface area contributed by atoms with E-state index in [4.69, 9.17) is 21.3 Å². The number of nitrogens with zero attached hydrogens (tertiary/aromatic N) is 2. The zero-order chi connectivity index (χ0) is 19.5. The van der Waals surface area contributed by atoms with Crippen LogP contribution in [0.15, 0.2) is 48.5 Å². The average Bonchev–Trinajstić information content (AvgIpc) is 2.74. The first kappa shape index (κ1) is 18.8. The molecule has 144 valence electrons. The van der Waals surface area contributed by atoms with Crippen molar-refractivity contribution in [3.63, 3.8) is 0 Å². The first-order valence-corrected chi connectivity index (χ1v) is 10.2. The number of fused-ring (bicyclic) bond motifs is 1. The average molecular weight is 395 g/mol. The Hall–Kier alpha value is -2.59. The summed E-state index contributed by atoms with van der Waals surface area (Å²) < 4.78 is 5.46. The number of carbonyl (C=O) groups is 1. The number of hydrogen-bond donors (Lipinski definition) is 0. The highest BCUT2D eigenvalue weighted by molar-refractivity contribution is 6.31. The second kappa shape index (κ2) is 8.19. The standard InChI is InChI=1S/C23H23ClN2O2/c1-2-28-23(27)21-20(16-9-5-3-6-10-16)18-15-17(24)11-12-19(18)25-22(21)26-13-7-4-8-14-26/h3,5-6,9-12,15H,2,4,7-8,13-14H2,1H3. The molecule has 1 aromatic heterocycles. The number of anilines is 1. The quantitative estimate of drug-likeness (QED) is 0.530. The van der Waals surface area contributed by atoms with Crippen LogP contribution in [-0.4, -0.2) is 30.6 Å². The van der Waals surface area contributed by atoms with Gasteiger partial charge in [0.1, 0.15) is 11.4 Å². The number of halogens is 1. The predicted molar refractivity (Wildman–Crippen MR) is 114 cm³/mol. The smallest absolute Gasteiger partial charge is 0.342 e. The van der Waals surface area contributed by atoms with Gasteiger partial charge >= 0.3 is 5.97 Å². The van der Waals surface area contributed by atoms with Gasteiger partial charge in [-0.2, -0.15) is 0 Å². The van der Waals surface area contributed by atoms with Crippen molar-refractivity contribution in [2.45, 2.75) is 26.2 Å². The van der Waals surface area contributed by atoms with E-state index in [9.17, 15) is 4.79 Å². The van der Waals surface area contributed by atoms with Gasteiger partial charge in [-0.05, 0) is 49.9 Å². The Bertz CT molecular complexity index is 998. The Morgan fingerprint density at radius 2 is 1.86 bits per heavy atom. The third-order valence-electron chi connectivity index (χ3n) is 5.13. The summed E-state index contributed by atoms with van der Waals surface area (Å²) in [5.74, 6) is 0.378. The highest BCUT2D eigenvalue weighted by Gasteiger charge is 2.27. The molecule has 0 atom stereocenters. The van der Waals surface area contributed by atoms with Crippen LogP contribution in [-0.2, 0) is 4.74 Å². The van der Waals surface area contributed by atoms with E-state index in [-0.39, 0.29) is 5.97 Å². The monoisotopic (exact) mass is 394 g/mol. The third kappa shape index (κ3) is 3.57. The minimum atomic E-state index is -0.337. The summed E-state index contributed by atoms with van der Waals surface area (Å²) in [6.07, 6.45) is 3.41. The molecular weight excluding hydrogens is 372 g/mol.